The van der Waals surface area contributed by atoms with Gasteiger partial charge in [0, 0.05) is 43.8 Å². The zero-order chi connectivity index (χ0) is 20.7. The van der Waals surface area contributed by atoms with E-state index in [2.05, 4.69) is 52.8 Å². The molecule has 6 nitrogen and oxygen atoms in total. The first-order valence-electron chi connectivity index (χ1n) is 9.85. The maximum Gasteiger partial charge on any atom is 0.145 e. The molecule has 1 aliphatic heterocycles. The summed E-state index contributed by atoms with van der Waals surface area (Å²) in [5, 5.41) is 19.7. The standard InChI is InChI=1S/C23H28N6/c1-23(2,3)16-26-11-12-27-22-20(19-6-4-5-17(13-19)14-24)15-28-21(29-22)18-7-9-25-10-8-18/h4-10,13,15,21,26-27,29H,11-12,16H2,1-3H3. The maximum atomic E-state index is 9.24. The fraction of sp³-hybridized carbons (Fsp3) is 0.348. The Morgan fingerprint density at radius 2 is 1.93 bits per heavy atom. The van der Waals surface area contributed by atoms with Gasteiger partial charge in [0.25, 0.3) is 0 Å². The topological polar surface area (TPSA) is 85.1 Å². The van der Waals surface area contributed by atoms with Crippen LogP contribution in [0.1, 0.15) is 43.6 Å². The van der Waals surface area contributed by atoms with Gasteiger partial charge in [-0.1, -0.05) is 32.9 Å². The van der Waals surface area contributed by atoms with Crippen LogP contribution in [-0.2, 0) is 0 Å². The third kappa shape index (κ3) is 5.90. The van der Waals surface area contributed by atoms with Crippen molar-refractivity contribution in [2.45, 2.75) is 26.9 Å². The average molecular weight is 389 g/mol. The highest BCUT2D eigenvalue weighted by atomic mass is 15.2. The highest BCUT2D eigenvalue weighted by Gasteiger charge is 2.19. The molecule has 0 fully saturated rings. The molecule has 0 saturated carbocycles. The van der Waals surface area contributed by atoms with Crippen LogP contribution in [0.2, 0.25) is 0 Å². The van der Waals surface area contributed by atoms with Crippen molar-refractivity contribution in [1.82, 2.24) is 20.9 Å². The molecule has 2 heterocycles. The molecule has 0 aliphatic carbocycles. The van der Waals surface area contributed by atoms with E-state index < -0.39 is 0 Å². The second-order valence-electron chi connectivity index (χ2n) is 8.25. The van der Waals surface area contributed by atoms with Crippen molar-refractivity contribution >= 4 is 11.8 Å². The SMILES string of the molecule is CC(C)(C)CNCCNC1=C(c2cccc(C#N)c2)C=NC(c2ccncc2)N1. The zero-order valence-electron chi connectivity index (χ0n) is 17.2. The fourth-order valence-corrected chi connectivity index (χ4v) is 3.04. The van der Waals surface area contributed by atoms with E-state index in [1.54, 1.807) is 18.5 Å². The zero-order valence-corrected chi connectivity index (χ0v) is 17.2. The van der Waals surface area contributed by atoms with E-state index in [9.17, 15) is 5.26 Å². The molecular formula is C23H28N6. The van der Waals surface area contributed by atoms with Crippen LogP contribution in [0.15, 0.2) is 59.6 Å². The van der Waals surface area contributed by atoms with Gasteiger partial charge >= 0.3 is 0 Å². The van der Waals surface area contributed by atoms with Crippen LogP contribution >= 0.6 is 0 Å². The Labute approximate surface area is 172 Å². The highest BCUT2D eigenvalue weighted by Crippen LogP contribution is 2.24. The summed E-state index contributed by atoms with van der Waals surface area (Å²) in [6.45, 7) is 9.24. The van der Waals surface area contributed by atoms with Crippen LogP contribution in [0.4, 0.5) is 0 Å². The molecule has 0 spiro atoms. The van der Waals surface area contributed by atoms with Gasteiger partial charge in [0.2, 0.25) is 0 Å². The molecule has 6 heteroatoms. The number of hydrogen-bond acceptors (Lipinski definition) is 6. The fourth-order valence-electron chi connectivity index (χ4n) is 3.04. The molecule has 1 unspecified atom stereocenters. The van der Waals surface area contributed by atoms with Crippen LogP contribution in [0.3, 0.4) is 0 Å². The van der Waals surface area contributed by atoms with Crippen molar-refractivity contribution in [1.29, 1.82) is 5.26 Å². The van der Waals surface area contributed by atoms with Crippen LogP contribution in [0, 0.1) is 16.7 Å². The van der Waals surface area contributed by atoms with E-state index in [0.717, 1.165) is 42.2 Å². The molecule has 3 rings (SSSR count). The van der Waals surface area contributed by atoms with E-state index in [1.165, 1.54) is 0 Å². The number of nitriles is 1. The van der Waals surface area contributed by atoms with Gasteiger partial charge < -0.3 is 16.0 Å². The molecule has 1 aromatic heterocycles. The average Bonchev–Trinajstić information content (AvgIpc) is 2.73. The van der Waals surface area contributed by atoms with Gasteiger partial charge in [0.05, 0.1) is 11.6 Å². The van der Waals surface area contributed by atoms with E-state index in [0.29, 0.717) is 5.56 Å². The summed E-state index contributed by atoms with van der Waals surface area (Å²) < 4.78 is 0. The Hall–Kier alpha value is -3.17. The van der Waals surface area contributed by atoms with Crippen molar-refractivity contribution in [2.75, 3.05) is 19.6 Å². The number of pyridine rings is 1. The van der Waals surface area contributed by atoms with Gasteiger partial charge in [-0.05, 0) is 40.8 Å². The second kappa shape index (κ2) is 9.35. The number of aromatic nitrogens is 1. The van der Waals surface area contributed by atoms with Crippen molar-refractivity contribution in [3.8, 4) is 6.07 Å². The van der Waals surface area contributed by atoms with Crippen LogP contribution in [0.5, 0.6) is 0 Å². The Balaban J connectivity index is 1.78. The summed E-state index contributed by atoms with van der Waals surface area (Å²) in [6, 6.07) is 13.7. The second-order valence-corrected chi connectivity index (χ2v) is 8.25. The minimum Gasteiger partial charge on any atom is -0.370 e. The lowest BCUT2D eigenvalue weighted by Gasteiger charge is -2.26. The minimum atomic E-state index is -0.175. The molecule has 29 heavy (non-hydrogen) atoms. The van der Waals surface area contributed by atoms with Crippen molar-refractivity contribution < 1.29 is 0 Å². The van der Waals surface area contributed by atoms with Crippen molar-refractivity contribution in [3.63, 3.8) is 0 Å². The minimum absolute atomic E-state index is 0.175. The molecular weight excluding hydrogens is 360 g/mol. The molecule has 150 valence electrons. The normalized spacial score (nSPS) is 16.3. The summed E-state index contributed by atoms with van der Waals surface area (Å²) in [7, 11) is 0. The van der Waals surface area contributed by atoms with E-state index in [1.807, 2.05) is 36.5 Å². The quantitative estimate of drug-likeness (QED) is 0.634. The Bertz CT molecular complexity index is 918. The first-order chi connectivity index (χ1) is 14.0. The molecule has 0 saturated heterocycles. The van der Waals surface area contributed by atoms with Gasteiger partial charge in [-0.2, -0.15) is 5.26 Å². The first-order valence-corrected chi connectivity index (χ1v) is 9.85. The van der Waals surface area contributed by atoms with Gasteiger partial charge in [-0.3, -0.25) is 9.98 Å². The monoisotopic (exact) mass is 388 g/mol. The summed E-state index contributed by atoms with van der Waals surface area (Å²) in [4.78, 5) is 8.76. The maximum absolute atomic E-state index is 9.24. The molecule has 1 atom stereocenters. The molecule has 1 aliphatic rings. The van der Waals surface area contributed by atoms with Gasteiger partial charge in [0.1, 0.15) is 12.0 Å². The lowest BCUT2D eigenvalue weighted by atomic mass is 9.97. The molecule has 0 bridgehead atoms. The van der Waals surface area contributed by atoms with Crippen LogP contribution in [-0.4, -0.2) is 30.8 Å². The van der Waals surface area contributed by atoms with E-state index >= 15 is 0 Å². The first kappa shape index (κ1) is 20.6. The smallest absolute Gasteiger partial charge is 0.145 e. The lowest BCUT2D eigenvalue weighted by Crippen LogP contribution is -2.38. The largest absolute Gasteiger partial charge is 0.370 e. The Morgan fingerprint density at radius 1 is 1.14 bits per heavy atom. The van der Waals surface area contributed by atoms with Crippen molar-refractivity contribution in [2.24, 2.45) is 10.4 Å². The predicted octanol–water partition coefficient (Wildman–Crippen LogP) is 3.22. The third-order valence-corrected chi connectivity index (χ3v) is 4.49. The molecule has 0 amide bonds. The van der Waals surface area contributed by atoms with Crippen molar-refractivity contribution in [3.05, 3.63) is 71.3 Å². The number of rotatable bonds is 7. The number of nitrogens with one attached hydrogen (secondary N) is 3. The number of hydrogen-bond donors (Lipinski definition) is 3. The molecule has 1 aromatic carbocycles. The molecule has 3 N–H and O–H groups in total. The highest BCUT2D eigenvalue weighted by molar-refractivity contribution is 6.11. The number of nitrogens with zero attached hydrogens (tertiary/aromatic N) is 3. The molecule has 2 aromatic rings. The van der Waals surface area contributed by atoms with Crippen LogP contribution in [0.25, 0.3) is 5.57 Å². The third-order valence-electron chi connectivity index (χ3n) is 4.49. The summed E-state index contributed by atoms with van der Waals surface area (Å²) in [5.74, 6) is 0.912. The lowest BCUT2D eigenvalue weighted by molar-refractivity contribution is 0.380. The van der Waals surface area contributed by atoms with Gasteiger partial charge in [-0.25, -0.2) is 0 Å². The van der Waals surface area contributed by atoms with E-state index in [-0.39, 0.29) is 11.6 Å². The predicted molar refractivity (Wildman–Crippen MR) is 117 cm³/mol. The van der Waals surface area contributed by atoms with Gasteiger partial charge in [-0.15, -0.1) is 0 Å². The number of allylic oxidation sites excluding steroid dienone is 1. The Kier molecular flexibility index (Phi) is 6.63. The summed E-state index contributed by atoms with van der Waals surface area (Å²) in [5.41, 5.74) is 3.84. The van der Waals surface area contributed by atoms with Crippen LogP contribution < -0.4 is 16.0 Å². The van der Waals surface area contributed by atoms with Gasteiger partial charge in [0.15, 0.2) is 0 Å². The molecule has 0 radical (unpaired) electrons. The summed E-state index contributed by atoms with van der Waals surface area (Å²) >= 11 is 0. The number of benzene rings is 1. The summed E-state index contributed by atoms with van der Waals surface area (Å²) in [6.07, 6.45) is 5.24. The number of aliphatic imine (C=N–C) groups is 1. The Morgan fingerprint density at radius 3 is 2.66 bits per heavy atom. The van der Waals surface area contributed by atoms with E-state index in [4.69, 9.17) is 0 Å².